The van der Waals surface area contributed by atoms with Gasteiger partial charge in [-0.3, -0.25) is 14.3 Å². The molecule has 1 aromatic heterocycles. The van der Waals surface area contributed by atoms with Gasteiger partial charge in [-0.25, -0.2) is 0 Å². The SMILES string of the molecule is Cc1ccc(N2C[C@@H](C(=O)N[C@@H]3CCCc4c3cnn4Cc3ccccc3)CC2=O)c(C)c1. The lowest BCUT2D eigenvalue weighted by molar-refractivity contribution is -0.127. The number of anilines is 1. The van der Waals surface area contributed by atoms with Gasteiger partial charge in [0.15, 0.2) is 0 Å². The molecule has 2 atom stereocenters. The summed E-state index contributed by atoms with van der Waals surface area (Å²) in [5, 5.41) is 7.87. The molecule has 6 heteroatoms. The molecule has 0 radical (unpaired) electrons. The Hall–Kier alpha value is -3.41. The molecule has 170 valence electrons. The first-order valence-electron chi connectivity index (χ1n) is 11.8. The molecule has 0 unspecified atom stereocenters. The van der Waals surface area contributed by atoms with E-state index >= 15 is 0 Å². The van der Waals surface area contributed by atoms with Crippen LogP contribution in [-0.4, -0.2) is 28.1 Å². The van der Waals surface area contributed by atoms with Crippen molar-refractivity contribution in [1.29, 1.82) is 0 Å². The molecule has 1 N–H and O–H groups in total. The van der Waals surface area contributed by atoms with Gasteiger partial charge in [0.25, 0.3) is 0 Å². The molecule has 3 aromatic rings. The van der Waals surface area contributed by atoms with Gasteiger partial charge in [-0.2, -0.15) is 5.10 Å². The third-order valence-corrected chi connectivity index (χ3v) is 6.89. The van der Waals surface area contributed by atoms with E-state index in [1.54, 1.807) is 4.90 Å². The molecule has 2 heterocycles. The standard InChI is InChI=1S/C27H30N4O2/c1-18-11-12-24(19(2)13-18)30-17-21(14-26(30)32)27(33)29-23-9-6-10-25-22(23)15-28-31(25)16-20-7-4-3-5-8-20/h3-5,7-8,11-13,15,21,23H,6,9-10,14,16-17H2,1-2H3,(H,29,33)/t21-,23+/m0/s1. The lowest BCUT2D eigenvalue weighted by Gasteiger charge is -2.25. The van der Waals surface area contributed by atoms with Gasteiger partial charge in [-0.15, -0.1) is 0 Å². The topological polar surface area (TPSA) is 67.2 Å². The Morgan fingerprint density at radius 2 is 1.97 bits per heavy atom. The summed E-state index contributed by atoms with van der Waals surface area (Å²) in [6.45, 7) is 5.22. The van der Waals surface area contributed by atoms with Crippen LogP contribution in [0, 0.1) is 19.8 Å². The highest BCUT2D eigenvalue weighted by molar-refractivity contribution is 6.00. The summed E-state index contributed by atoms with van der Waals surface area (Å²) < 4.78 is 2.06. The van der Waals surface area contributed by atoms with Crippen molar-refractivity contribution in [3.05, 3.63) is 82.7 Å². The first-order valence-corrected chi connectivity index (χ1v) is 11.8. The minimum atomic E-state index is -0.331. The summed E-state index contributed by atoms with van der Waals surface area (Å²) in [5.74, 6) is -0.352. The highest BCUT2D eigenvalue weighted by Crippen LogP contribution is 2.32. The fourth-order valence-electron chi connectivity index (χ4n) is 5.18. The van der Waals surface area contributed by atoms with Gasteiger partial charge < -0.3 is 10.2 Å². The number of hydrogen-bond acceptors (Lipinski definition) is 3. The van der Waals surface area contributed by atoms with Crippen LogP contribution in [0.5, 0.6) is 0 Å². The van der Waals surface area contributed by atoms with Crippen molar-refractivity contribution in [3.8, 4) is 0 Å². The molecule has 1 aliphatic heterocycles. The molecule has 0 spiro atoms. The first-order chi connectivity index (χ1) is 16.0. The van der Waals surface area contributed by atoms with Gasteiger partial charge in [0, 0.05) is 29.9 Å². The number of nitrogens with zero attached hydrogens (tertiary/aromatic N) is 3. The smallest absolute Gasteiger partial charge is 0.227 e. The molecular formula is C27H30N4O2. The number of aryl methyl sites for hydroxylation is 2. The maximum atomic E-state index is 13.2. The molecule has 2 amide bonds. The van der Waals surface area contributed by atoms with E-state index in [0.29, 0.717) is 6.54 Å². The Bertz CT molecular complexity index is 1180. The number of aromatic nitrogens is 2. The van der Waals surface area contributed by atoms with E-state index in [-0.39, 0.29) is 30.2 Å². The number of carbonyl (C=O) groups is 2. The summed E-state index contributed by atoms with van der Waals surface area (Å²) in [4.78, 5) is 27.7. The Kier molecular flexibility index (Phi) is 5.75. The van der Waals surface area contributed by atoms with E-state index < -0.39 is 0 Å². The average Bonchev–Trinajstić information content (AvgIpc) is 3.39. The van der Waals surface area contributed by atoms with E-state index in [1.807, 2.05) is 50.4 Å². The number of carbonyl (C=O) groups excluding carboxylic acids is 2. The number of nitrogens with one attached hydrogen (secondary N) is 1. The molecule has 5 rings (SSSR count). The zero-order valence-electron chi connectivity index (χ0n) is 19.3. The Balaban J connectivity index is 1.28. The molecule has 6 nitrogen and oxygen atoms in total. The largest absolute Gasteiger partial charge is 0.349 e. The van der Waals surface area contributed by atoms with Crippen LogP contribution in [0.1, 0.15) is 53.3 Å². The lowest BCUT2D eigenvalue weighted by Crippen LogP contribution is -2.37. The Morgan fingerprint density at radius 3 is 2.76 bits per heavy atom. The molecular weight excluding hydrogens is 412 g/mol. The Morgan fingerprint density at radius 1 is 1.15 bits per heavy atom. The van der Waals surface area contributed by atoms with Crippen LogP contribution in [0.4, 0.5) is 5.69 Å². The van der Waals surface area contributed by atoms with Crippen LogP contribution in [-0.2, 0) is 22.6 Å². The van der Waals surface area contributed by atoms with Gasteiger partial charge in [0.1, 0.15) is 0 Å². The van der Waals surface area contributed by atoms with Crippen molar-refractivity contribution in [3.63, 3.8) is 0 Å². The van der Waals surface area contributed by atoms with E-state index in [0.717, 1.165) is 48.2 Å². The van der Waals surface area contributed by atoms with Crippen molar-refractivity contribution in [2.75, 3.05) is 11.4 Å². The lowest BCUT2D eigenvalue weighted by atomic mass is 9.92. The van der Waals surface area contributed by atoms with Gasteiger partial charge in [0.2, 0.25) is 11.8 Å². The van der Waals surface area contributed by atoms with Crippen LogP contribution < -0.4 is 10.2 Å². The first kappa shape index (κ1) is 21.4. The second-order valence-electron chi connectivity index (χ2n) is 9.34. The van der Waals surface area contributed by atoms with E-state index in [9.17, 15) is 9.59 Å². The van der Waals surface area contributed by atoms with E-state index in [1.165, 1.54) is 11.3 Å². The quantitative estimate of drug-likeness (QED) is 0.647. The van der Waals surface area contributed by atoms with Crippen molar-refractivity contribution in [2.24, 2.45) is 5.92 Å². The van der Waals surface area contributed by atoms with Crippen LogP contribution >= 0.6 is 0 Å². The molecule has 0 saturated carbocycles. The summed E-state index contributed by atoms with van der Waals surface area (Å²) in [6, 6.07) is 16.3. The minimum absolute atomic E-state index is 0.0158. The van der Waals surface area contributed by atoms with Crippen LogP contribution in [0.15, 0.2) is 54.7 Å². The molecule has 1 fully saturated rings. The van der Waals surface area contributed by atoms with Crippen molar-refractivity contribution >= 4 is 17.5 Å². The van der Waals surface area contributed by atoms with Gasteiger partial charge >= 0.3 is 0 Å². The fourth-order valence-corrected chi connectivity index (χ4v) is 5.18. The maximum Gasteiger partial charge on any atom is 0.227 e. The Labute approximate surface area is 194 Å². The maximum absolute atomic E-state index is 13.2. The number of benzene rings is 2. The zero-order valence-corrected chi connectivity index (χ0v) is 19.3. The van der Waals surface area contributed by atoms with Crippen molar-refractivity contribution in [2.45, 2.75) is 52.1 Å². The third-order valence-electron chi connectivity index (χ3n) is 6.89. The molecule has 0 bridgehead atoms. The van der Waals surface area contributed by atoms with Crippen molar-refractivity contribution in [1.82, 2.24) is 15.1 Å². The van der Waals surface area contributed by atoms with Gasteiger partial charge in [-0.05, 0) is 50.3 Å². The average molecular weight is 443 g/mol. The number of hydrogen-bond donors (Lipinski definition) is 1. The second-order valence-corrected chi connectivity index (χ2v) is 9.34. The highest BCUT2D eigenvalue weighted by Gasteiger charge is 2.37. The third kappa shape index (κ3) is 4.30. The second kappa shape index (κ2) is 8.85. The van der Waals surface area contributed by atoms with Gasteiger partial charge in [-0.1, -0.05) is 48.0 Å². The van der Waals surface area contributed by atoms with E-state index in [4.69, 9.17) is 0 Å². The van der Waals surface area contributed by atoms with Crippen LogP contribution in [0.2, 0.25) is 0 Å². The van der Waals surface area contributed by atoms with E-state index in [2.05, 4.69) is 33.3 Å². The molecule has 2 aromatic carbocycles. The minimum Gasteiger partial charge on any atom is -0.349 e. The number of rotatable bonds is 5. The molecule has 1 saturated heterocycles. The zero-order chi connectivity index (χ0) is 22.9. The predicted octanol–water partition coefficient (Wildman–Crippen LogP) is 4.09. The molecule has 1 aliphatic carbocycles. The normalized spacial score (nSPS) is 20.1. The summed E-state index contributed by atoms with van der Waals surface area (Å²) in [6.07, 6.45) is 5.04. The number of amides is 2. The van der Waals surface area contributed by atoms with Crippen molar-refractivity contribution < 1.29 is 9.59 Å². The van der Waals surface area contributed by atoms with Crippen LogP contribution in [0.3, 0.4) is 0 Å². The predicted molar refractivity (Wildman–Crippen MR) is 128 cm³/mol. The summed E-state index contributed by atoms with van der Waals surface area (Å²) in [5.41, 5.74) is 6.66. The summed E-state index contributed by atoms with van der Waals surface area (Å²) in [7, 11) is 0. The monoisotopic (exact) mass is 442 g/mol. The fraction of sp³-hybridized carbons (Fsp3) is 0.370. The van der Waals surface area contributed by atoms with Gasteiger partial charge in [0.05, 0.1) is 24.7 Å². The number of fused-ring (bicyclic) bond motifs is 1. The van der Waals surface area contributed by atoms with Crippen LogP contribution in [0.25, 0.3) is 0 Å². The summed E-state index contributed by atoms with van der Waals surface area (Å²) >= 11 is 0. The molecule has 2 aliphatic rings. The highest BCUT2D eigenvalue weighted by atomic mass is 16.2. The molecule has 33 heavy (non-hydrogen) atoms.